The van der Waals surface area contributed by atoms with Crippen molar-refractivity contribution in [2.45, 2.75) is 56.7 Å². The Kier molecular flexibility index (Phi) is 9.65. The fourth-order valence-corrected chi connectivity index (χ4v) is 3.86. The number of halogens is 2. The zero-order valence-electron chi connectivity index (χ0n) is 15.7. The van der Waals surface area contributed by atoms with Gasteiger partial charge in [-0.15, -0.1) is 0 Å². The van der Waals surface area contributed by atoms with Gasteiger partial charge in [-0.25, -0.2) is 8.42 Å². The van der Waals surface area contributed by atoms with Crippen LogP contribution in [-0.2, 0) is 24.3 Å². The lowest BCUT2D eigenvalue weighted by molar-refractivity contribution is -0.152. The molecule has 1 rings (SSSR count). The fourth-order valence-electron chi connectivity index (χ4n) is 2.21. The number of esters is 1. The van der Waals surface area contributed by atoms with E-state index < -0.39 is 40.7 Å². The van der Waals surface area contributed by atoms with Gasteiger partial charge in [0, 0.05) is 6.04 Å². The Morgan fingerprint density at radius 1 is 1.18 bits per heavy atom. The molecule has 3 N–H and O–H groups in total. The molecule has 0 bridgehead atoms. The van der Waals surface area contributed by atoms with Crippen LogP contribution < -0.4 is 10.0 Å². The van der Waals surface area contributed by atoms with Crippen molar-refractivity contribution in [2.75, 3.05) is 6.61 Å². The highest BCUT2D eigenvalue weighted by Gasteiger charge is 2.31. The summed E-state index contributed by atoms with van der Waals surface area (Å²) in [5.74, 6) is -1.60. The van der Waals surface area contributed by atoms with Crippen molar-refractivity contribution < 1.29 is 27.9 Å². The molecule has 0 spiro atoms. The van der Waals surface area contributed by atoms with Crippen LogP contribution in [0.4, 0.5) is 0 Å². The molecule has 1 amide bonds. The minimum Gasteiger partial charge on any atom is -0.454 e. The van der Waals surface area contributed by atoms with E-state index in [0.29, 0.717) is 0 Å². The van der Waals surface area contributed by atoms with Crippen molar-refractivity contribution in [3.63, 3.8) is 0 Å². The van der Waals surface area contributed by atoms with Gasteiger partial charge in [-0.1, -0.05) is 37.0 Å². The monoisotopic (exact) mass is 454 g/mol. The summed E-state index contributed by atoms with van der Waals surface area (Å²) in [6, 6.07) is 1.94. The zero-order chi connectivity index (χ0) is 21.5. The number of ether oxygens (including phenoxy) is 1. The summed E-state index contributed by atoms with van der Waals surface area (Å²) in [4.78, 5) is 23.8. The lowest BCUT2D eigenvalue weighted by Gasteiger charge is -2.20. The number of rotatable bonds is 10. The first-order chi connectivity index (χ1) is 13.0. The van der Waals surface area contributed by atoms with Crippen LogP contribution in [0, 0.1) is 0 Å². The number of aliphatic hydroxyl groups excluding tert-OH is 1. The molecule has 0 saturated heterocycles. The van der Waals surface area contributed by atoms with E-state index in [-0.39, 0.29) is 21.0 Å². The summed E-state index contributed by atoms with van der Waals surface area (Å²) in [5.41, 5.74) is 0. The van der Waals surface area contributed by atoms with Crippen molar-refractivity contribution in [1.82, 2.24) is 10.0 Å². The van der Waals surface area contributed by atoms with Gasteiger partial charge in [-0.3, -0.25) is 9.59 Å². The highest BCUT2D eigenvalue weighted by molar-refractivity contribution is 7.89. The minimum absolute atomic E-state index is 0.0128. The van der Waals surface area contributed by atoms with Crippen molar-refractivity contribution in [3.05, 3.63) is 28.2 Å². The normalized spacial score (nSPS) is 13.8. The third-order valence-electron chi connectivity index (χ3n) is 3.92. The lowest BCUT2D eigenvalue weighted by atomic mass is 10.2. The molecular formula is C17H24Cl2N2O6S. The number of nitrogens with one attached hydrogen (secondary N) is 2. The van der Waals surface area contributed by atoms with Gasteiger partial charge in [-0.05, 0) is 38.0 Å². The molecule has 0 radical (unpaired) electrons. The maximum Gasteiger partial charge on any atom is 0.327 e. The van der Waals surface area contributed by atoms with Gasteiger partial charge in [0.15, 0.2) is 6.61 Å². The van der Waals surface area contributed by atoms with Crippen LogP contribution in [-0.4, -0.2) is 50.2 Å². The molecule has 0 aliphatic carbocycles. The molecule has 8 nitrogen and oxygen atoms in total. The number of benzene rings is 1. The van der Waals surface area contributed by atoms with Crippen LogP contribution in [0.1, 0.15) is 33.6 Å². The van der Waals surface area contributed by atoms with E-state index >= 15 is 0 Å². The van der Waals surface area contributed by atoms with Gasteiger partial charge >= 0.3 is 5.97 Å². The number of amides is 1. The summed E-state index contributed by atoms with van der Waals surface area (Å²) >= 11 is 11.6. The van der Waals surface area contributed by atoms with E-state index in [2.05, 4.69) is 10.0 Å². The highest BCUT2D eigenvalue weighted by Crippen LogP contribution is 2.25. The molecule has 2 atom stereocenters. The molecule has 0 aliphatic heterocycles. The average molecular weight is 455 g/mol. The molecule has 1 aromatic rings. The third kappa shape index (κ3) is 7.21. The number of aliphatic hydroxyl groups is 1. The predicted molar refractivity (Wildman–Crippen MR) is 106 cm³/mol. The molecule has 158 valence electrons. The Morgan fingerprint density at radius 3 is 2.29 bits per heavy atom. The predicted octanol–water partition coefficient (Wildman–Crippen LogP) is 1.87. The lowest BCUT2D eigenvalue weighted by Crippen LogP contribution is -2.49. The quantitative estimate of drug-likeness (QED) is 0.463. The molecular weight excluding hydrogens is 431 g/mol. The van der Waals surface area contributed by atoms with Crippen LogP contribution in [0.15, 0.2) is 23.1 Å². The Balaban J connectivity index is 2.82. The largest absolute Gasteiger partial charge is 0.454 e. The molecule has 0 saturated carbocycles. The van der Waals surface area contributed by atoms with Gasteiger partial charge in [0.05, 0.1) is 21.0 Å². The number of hydrogen-bond donors (Lipinski definition) is 3. The SMILES string of the molecule is CCC(CC)NC(=O)COC(=O)C(NS(=O)(=O)c1ccc(Cl)c(Cl)c1)C(C)O. The Morgan fingerprint density at radius 2 is 1.79 bits per heavy atom. The van der Waals surface area contributed by atoms with Crippen LogP contribution in [0.25, 0.3) is 0 Å². The zero-order valence-corrected chi connectivity index (χ0v) is 18.1. The van der Waals surface area contributed by atoms with Crippen molar-refractivity contribution in [1.29, 1.82) is 0 Å². The fraction of sp³-hybridized carbons (Fsp3) is 0.529. The first-order valence-corrected chi connectivity index (χ1v) is 10.9. The van der Waals surface area contributed by atoms with Gasteiger partial charge in [-0.2, -0.15) is 4.72 Å². The standard InChI is InChI=1S/C17H24Cl2N2O6S/c1-4-11(5-2)20-15(23)9-27-17(24)16(10(3)22)21-28(25,26)12-6-7-13(18)14(19)8-12/h6-8,10-11,16,21-22H,4-5,9H2,1-3H3,(H,20,23). The Bertz CT molecular complexity index is 797. The highest BCUT2D eigenvalue weighted by atomic mass is 35.5. The van der Waals surface area contributed by atoms with Crippen molar-refractivity contribution >= 4 is 45.1 Å². The Hall–Kier alpha value is -1.39. The third-order valence-corrected chi connectivity index (χ3v) is 6.09. The maximum absolute atomic E-state index is 12.5. The second kappa shape index (κ2) is 11.0. The Labute approximate surface area is 174 Å². The molecule has 2 unspecified atom stereocenters. The summed E-state index contributed by atoms with van der Waals surface area (Å²) < 4.78 is 31.8. The van der Waals surface area contributed by atoms with E-state index in [4.69, 9.17) is 27.9 Å². The molecule has 0 fully saturated rings. The summed E-state index contributed by atoms with van der Waals surface area (Å²) in [6.45, 7) is 4.43. The van der Waals surface area contributed by atoms with E-state index in [1.165, 1.54) is 19.1 Å². The van der Waals surface area contributed by atoms with Gasteiger partial charge < -0.3 is 15.2 Å². The van der Waals surface area contributed by atoms with E-state index in [1.807, 2.05) is 13.8 Å². The number of hydrogen-bond acceptors (Lipinski definition) is 6. The van der Waals surface area contributed by atoms with Gasteiger partial charge in [0.1, 0.15) is 6.04 Å². The summed E-state index contributed by atoms with van der Waals surface area (Å²) in [7, 11) is -4.21. The summed E-state index contributed by atoms with van der Waals surface area (Å²) in [6.07, 6.45) is 0.0263. The van der Waals surface area contributed by atoms with Crippen LogP contribution >= 0.6 is 23.2 Å². The first kappa shape index (κ1) is 24.6. The second-order valence-corrected chi connectivity index (χ2v) is 8.63. The average Bonchev–Trinajstić information content (AvgIpc) is 2.64. The maximum atomic E-state index is 12.5. The number of carbonyl (C=O) groups is 2. The van der Waals surface area contributed by atoms with Crippen molar-refractivity contribution in [2.24, 2.45) is 0 Å². The molecule has 0 aliphatic rings. The topological polar surface area (TPSA) is 122 Å². The first-order valence-electron chi connectivity index (χ1n) is 8.63. The molecule has 11 heteroatoms. The smallest absolute Gasteiger partial charge is 0.327 e. The summed E-state index contributed by atoms with van der Waals surface area (Å²) in [5, 5.41) is 12.7. The molecule has 0 heterocycles. The van der Waals surface area contributed by atoms with Gasteiger partial charge in [0.25, 0.3) is 5.91 Å². The second-order valence-electron chi connectivity index (χ2n) is 6.10. The van der Waals surface area contributed by atoms with E-state index in [0.717, 1.165) is 18.9 Å². The van der Waals surface area contributed by atoms with Crippen LogP contribution in [0.2, 0.25) is 10.0 Å². The van der Waals surface area contributed by atoms with Crippen molar-refractivity contribution in [3.8, 4) is 0 Å². The van der Waals surface area contributed by atoms with Crippen LogP contribution in [0.3, 0.4) is 0 Å². The molecule has 1 aromatic carbocycles. The van der Waals surface area contributed by atoms with Gasteiger partial charge in [0.2, 0.25) is 10.0 Å². The molecule has 0 aromatic heterocycles. The van der Waals surface area contributed by atoms with E-state index in [1.54, 1.807) is 0 Å². The molecule has 28 heavy (non-hydrogen) atoms. The number of carbonyl (C=O) groups excluding carboxylic acids is 2. The van der Waals surface area contributed by atoms with E-state index in [9.17, 15) is 23.1 Å². The van der Waals surface area contributed by atoms with Crippen LogP contribution in [0.5, 0.6) is 0 Å². The minimum atomic E-state index is -4.21. The number of sulfonamides is 1.